The molecule has 2 aromatic carbocycles. The van der Waals surface area contributed by atoms with Gasteiger partial charge in [-0.05, 0) is 85.8 Å². The van der Waals surface area contributed by atoms with Gasteiger partial charge in [0, 0.05) is 31.5 Å². The molecule has 2 fully saturated rings. The minimum atomic E-state index is -3.59. The molecule has 1 saturated carbocycles. The van der Waals surface area contributed by atoms with Gasteiger partial charge < -0.3 is 14.8 Å². The molecule has 0 radical (unpaired) electrons. The van der Waals surface area contributed by atoms with E-state index in [9.17, 15) is 8.42 Å². The van der Waals surface area contributed by atoms with E-state index in [1.165, 1.54) is 18.2 Å². The van der Waals surface area contributed by atoms with Crippen LogP contribution in [-0.2, 0) is 16.4 Å². The standard InChI is InChI=1S/C28H37N3O4S/c1-34-22-12-13-23-21(15-22)11-14-25-24(23)16-28(31-25)29-17-19-7-9-20(10-8-19)18-30-36(32,33)27-6-4-3-5-26(27)35-2/h3-6,12-13,15,19-20,24-25,30H,7-11,14,16-18H2,1-2H3,(H,29,31). The van der Waals surface area contributed by atoms with Gasteiger partial charge in [-0.25, -0.2) is 13.1 Å². The molecule has 194 valence electrons. The Kier molecular flexibility index (Phi) is 7.53. The Bertz CT molecular complexity index is 1210. The number of amidine groups is 1. The van der Waals surface area contributed by atoms with Crippen molar-refractivity contribution in [2.24, 2.45) is 16.8 Å². The van der Waals surface area contributed by atoms with Crippen LogP contribution >= 0.6 is 0 Å². The molecule has 2 aromatic rings. The third kappa shape index (κ3) is 5.39. The van der Waals surface area contributed by atoms with Crippen LogP contribution in [0.4, 0.5) is 0 Å². The minimum Gasteiger partial charge on any atom is -0.497 e. The fraction of sp³-hybridized carbons (Fsp3) is 0.536. The zero-order valence-electron chi connectivity index (χ0n) is 21.2. The Balaban J connectivity index is 1.10. The molecular weight excluding hydrogens is 474 g/mol. The van der Waals surface area contributed by atoms with Crippen LogP contribution in [0.5, 0.6) is 11.5 Å². The van der Waals surface area contributed by atoms with Crippen LogP contribution in [0.3, 0.4) is 0 Å². The number of aliphatic imine (C=N–C) groups is 1. The van der Waals surface area contributed by atoms with Gasteiger partial charge in [0.05, 0.1) is 20.1 Å². The van der Waals surface area contributed by atoms with Gasteiger partial charge in [-0.3, -0.25) is 4.99 Å². The van der Waals surface area contributed by atoms with Crippen molar-refractivity contribution in [3.05, 3.63) is 53.6 Å². The number of nitrogens with one attached hydrogen (secondary N) is 2. The van der Waals surface area contributed by atoms with Gasteiger partial charge >= 0.3 is 0 Å². The molecule has 36 heavy (non-hydrogen) atoms. The number of benzene rings is 2. The second-order valence-electron chi connectivity index (χ2n) is 10.3. The molecule has 5 rings (SSSR count). The first-order chi connectivity index (χ1) is 17.5. The Morgan fingerprint density at radius 1 is 1.00 bits per heavy atom. The lowest BCUT2D eigenvalue weighted by Crippen LogP contribution is -2.32. The van der Waals surface area contributed by atoms with Crippen LogP contribution in [0.25, 0.3) is 0 Å². The van der Waals surface area contributed by atoms with E-state index in [0.717, 1.165) is 63.1 Å². The minimum absolute atomic E-state index is 0.198. The van der Waals surface area contributed by atoms with Crippen LogP contribution in [0.1, 0.15) is 55.6 Å². The summed E-state index contributed by atoms with van der Waals surface area (Å²) < 4.78 is 39.0. The summed E-state index contributed by atoms with van der Waals surface area (Å²) in [5, 5.41) is 3.70. The normalized spacial score (nSPS) is 26.7. The molecule has 1 saturated heterocycles. The molecular formula is C28H37N3O4S. The van der Waals surface area contributed by atoms with Crippen molar-refractivity contribution >= 4 is 15.9 Å². The van der Waals surface area contributed by atoms with E-state index in [1.54, 1.807) is 31.4 Å². The van der Waals surface area contributed by atoms with E-state index < -0.39 is 10.0 Å². The summed E-state index contributed by atoms with van der Waals surface area (Å²) in [6.07, 6.45) is 7.44. The third-order valence-corrected chi connectivity index (χ3v) is 9.62. The number of hydrogen-bond donors (Lipinski definition) is 2. The Labute approximate surface area is 214 Å². The number of ether oxygens (including phenoxy) is 2. The van der Waals surface area contributed by atoms with Crippen molar-refractivity contribution in [3.63, 3.8) is 0 Å². The average Bonchev–Trinajstić information content (AvgIpc) is 3.34. The Morgan fingerprint density at radius 2 is 1.78 bits per heavy atom. The van der Waals surface area contributed by atoms with E-state index in [2.05, 4.69) is 28.2 Å². The Morgan fingerprint density at radius 3 is 2.56 bits per heavy atom. The number of hydrogen-bond acceptors (Lipinski definition) is 5. The molecule has 7 nitrogen and oxygen atoms in total. The molecule has 2 aliphatic carbocycles. The summed E-state index contributed by atoms with van der Waals surface area (Å²) in [7, 11) is -0.369. The maximum atomic E-state index is 12.8. The van der Waals surface area contributed by atoms with Crippen molar-refractivity contribution in [2.75, 3.05) is 27.3 Å². The Hall–Kier alpha value is -2.58. The second kappa shape index (κ2) is 10.8. The average molecular weight is 512 g/mol. The number of nitrogens with zero attached hydrogens (tertiary/aromatic N) is 1. The number of rotatable bonds is 8. The van der Waals surface area contributed by atoms with E-state index in [-0.39, 0.29) is 4.90 Å². The van der Waals surface area contributed by atoms with Gasteiger partial charge in [-0.1, -0.05) is 18.2 Å². The van der Waals surface area contributed by atoms with Gasteiger partial charge in [-0.15, -0.1) is 0 Å². The first kappa shape index (κ1) is 25.1. The lowest BCUT2D eigenvalue weighted by atomic mass is 9.80. The van der Waals surface area contributed by atoms with Crippen LogP contribution in [0, 0.1) is 11.8 Å². The van der Waals surface area contributed by atoms with Crippen LogP contribution in [0.15, 0.2) is 52.4 Å². The molecule has 2 N–H and O–H groups in total. The van der Waals surface area contributed by atoms with E-state index >= 15 is 0 Å². The molecule has 0 aromatic heterocycles. The second-order valence-corrected chi connectivity index (χ2v) is 12.1. The lowest BCUT2D eigenvalue weighted by molar-refractivity contribution is 0.280. The SMILES string of the molecule is COc1ccc2c(c1)CCC1NC(=NCC3CCC(CNS(=O)(=O)c4ccccc4OC)CC3)CC21. The number of sulfonamides is 1. The topological polar surface area (TPSA) is 89.0 Å². The fourth-order valence-electron chi connectivity index (χ4n) is 6.04. The first-order valence-corrected chi connectivity index (χ1v) is 14.5. The highest BCUT2D eigenvalue weighted by atomic mass is 32.2. The van der Waals surface area contributed by atoms with Crippen LogP contribution < -0.4 is 19.5 Å². The summed E-state index contributed by atoms with van der Waals surface area (Å²) in [4.78, 5) is 5.20. The zero-order valence-corrected chi connectivity index (χ0v) is 22.0. The van der Waals surface area contributed by atoms with Gasteiger partial charge in [0.15, 0.2) is 0 Å². The molecule has 0 spiro atoms. The maximum absolute atomic E-state index is 12.8. The van der Waals surface area contributed by atoms with E-state index in [0.29, 0.717) is 36.1 Å². The predicted molar refractivity (Wildman–Crippen MR) is 142 cm³/mol. The number of fused-ring (bicyclic) bond motifs is 3. The van der Waals surface area contributed by atoms with Crippen molar-refractivity contribution in [3.8, 4) is 11.5 Å². The highest BCUT2D eigenvalue weighted by Crippen LogP contribution is 2.39. The number of para-hydroxylation sites is 1. The highest BCUT2D eigenvalue weighted by molar-refractivity contribution is 7.89. The predicted octanol–water partition coefficient (Wildman–Crippen LogP) is 4.28. The molecule has 1 aliphatic heterocycles. The van der Waals surface area contributed by atoms with Crippen LogP contribution in [0.2, 0.25) is 0 Å². The van der Waals surface area contributed by atoms with E-state index in [1.807, 2.05) is 0 Å². The number of aryl methyl sites for hydroxylation is 1. The molecule has 0 bridgehead atoms. The molecule has 2 unspecified atom stereocenters. The maximum Gasteiger partial charge on any atom is 0.244 e. The van der Waals surface area contributed by atoms with Gasteiger partial charge in [0.25, 0.3) is 0 Å². The van der Waals surface area contributed by atoms with Gasteiger partial charge in [0.1, 0.15) is 16.4 Å². The van der Waals surface area contributed by atoms with Gasteiger partial charge in [0.2, 0.25) is 10.0 Å². The lowest BCUT2D eigenvalue weighted by Gasteiger charge is -2.28. The molecule has 3 aliphatic rings. The van der Waals surface area contributed by atoms with Crippen molar-refractivity contribution in [2.45, 2.75) is 61.8 Å². The smallest absolute Gasteiger partial charge is 0.244 e. The summed E-state index contributed by atoms with van der Waals surface area (Å²) >= 11 is 0. The molecule has 8 heteroatoms. The monoisotopic (exact) mass is 511 g/mol. The molecule has 0 amide bonds. The summed E-state index contributed by atoms with van der Waals surface area (Å²) in [5.74, 6) is 3.90. The van der Waals surface area contributed by atoms with Crippen molar-refractivity contribution in [1.82, 2.24) is 10.0 Å². The largest absolute Gasteiger partial charge is 0.497 e. The number of methoxy groups -OCH3 is 2. The van der Waals surface area contributed by atoms with Gasteiger partial charge in [-0.2, -0.15) is 0 Å². The quantitative estimate of drug-likeness (QED) is 0.552. The highest BCUT2D eigenvalue weighted by Gasteiger charge is 2.36. The third-order valence-electron chi connectivity index (χ3n) is 8.15. The molecule has 1 heterocycles. The zero-order chi connectivity index (χ0) is 25.1. The molecule has 2 atom stereocenters. The summed E-state index contributed by atoms with van der Waals surface area (Å²) in [5.41, 5.74) is 2.86. The fourth-order valence-corrected chi connectivity index (χ4v) is 7.32. The first-order valence-electron chi connectivity index (χ1n) is 13.1. The summed E-state index contributed by atoms with van der Waals surface area (Å²) in [6, 6.07) is 13.7. The summed E-state index contributed by atoms with van der Waals surface area (Å²) in [6.45, 7) is 1.33. The van der Waals surface area contributed by atoms with Crippen molar-refractivity contribution in [1.29, 1.82) is 0 Å². The van der Waals surface area contributed by atoms with Crippen molar-refractivity contribution < 1.29 is 17.9 Å². The van der Waals surface area contributed by atoms with Crippen LogP contribution in [-0.4, -0.2) is 47.6 Å². The van der Waals surface area contributed by atoms with E-state index in [4.69, 9.17) is 14.5 Å².